The van der Waals surface area contributed by atoms with Gasteiger partial charge in [-0.2, -0.15) is 0 Å². The summed E-state index contributed by atoms with van der Waals surface area (Å²) in [5.41, 5.74) is 2.91. The van der Waals surface area contributed by atoms with Crippen molar-refractivity contribution >= 4 is 23.2 Å². The van der Waals surface area contributed by atoms with E-state index in [2.05, 4.69) is 22.9 Å². The molecule has 0 saturated heterocycles. The maximum Gasteiger partial charge on any atom is 0.251 e. The lowest BCUT2D eigenvalue weighted by molar-refractivity contribution is -0.114. The van der Waals surface area contributed by atoms with Crippen molar-refractivity contribution in [3.05, 3.63) is 90.0 Å². The molecule has 0 aliphatic rings. The van der Waals surface area contributed by atoms with E-state index in [1.54, 1.807) is 24.3 Å². The first-order valence-corrected chi connectivity index (χ1v) is 10.8. The van der Waals surface area contributed by atoms with Crippen molar-refractivity contribution in [2.45, 2.75) is 26.3 Å². The zero-order chi connectivity index (χ0) is 22.8. The molecule has 3 N–H and O–H groups in total. The predicted molar refractivity (Wildman–Crippen MR) is 128 cm³/mol. The van der Waals surface area contributed by atoms with Crippen molar-refractivity contribution in [1.29, 1.82) is 0 Å². The Morgan fingerprint density at radius 3 is 2.38 bits per heavy atom. The molecule has 0 radical (unpaired) electrons. The molecule has 2 amide bonds. The number of carbonyl (C=O) groups is 2. The van der Waals surface area contributed by atoms with Gasteiger partial charge in [0, 0.05) is 16.9 Å². The van der Waals surface area contributed by atoms with Gasteiger partial charge >= 0.3 is 0 Å². The van der Waals surface area contributed by atoms with Gasteiger partial charge in [0.05, 0.1) is 19.2 Å². The number of hydrogen-bond acceptors (Lipinski definition) is 4. The largest absolute Gasteiger partial charge is 0.494 e. The molecule has 1 atom stereocenters. The van der Waals surface area contributed by atoms with E-state index < -0.39 is 0 Å². The monoisotopic (exact) mass is 431 g/mol. The predicted octanol–water partition coefficient (Wildman–Crippen LogP) is 5.02. The van der Waals surface area contributed by atoms with E-state index in [0.717, 1.165) is 23.4 Å². The Morgan fingerprint density at radius 2 is 1.66 bits per heavy atom. The summed E-state index contributed by atoms with van der Waals surface area (Å²) in [6, 6.07) is 24.0. The topological polar surface area (TPSA) is 79.5 Å². The van der Waals surface area contributed by atoms with E-state index in [1.165, 1.54) is 0 Å². The van der Waals surface area contributed by atoms with Crippen LogP contribution in [0.25, 0.3) is 0 Å². The Balaban J connectivity index is 1.51. The summed E-state index contributed by atoms with van der Waals surface area (Å²) >= 11 is 0. The molecule has 166 valence electrons. The van der Waals surface area contributed by atoms with Gasteiger partial charge in [-0.25, -0.2) is 0 Å². The lowest BCUT2D eigenvalue weighted by Gasteiger charge is -2.15. The van der Waals surface area contributed by atoms with Crippen LogP contribution in [0.15, 0.2) is 78.9 Å². The standard InChI is InChI=1S/C26H29N3O3/c1-3-16-32-24-14-12-22(13-15-24)27-18-25(30)29-23-11-7-10-21(17-23)26(31)28-19(2)20-8-5-4-6-9-20/h4-15,17,19,27H,3,16,18H2,1-2H3,(H,28,31)(H,29,30). The van der Waals surface area contributed by atoms with Crippen LogP contribution in [-0.4, -0.2) is 25.0 Å². The Hall–Kier alpha value is -3.80. The second-order valence-electron chi connectivity index (χ2n) is 7.46. The third-order valence-electron chi connectivity index (χ3n) is 4.84. The summed E-state index contributed by atoms with van der Waals surface area (Å²) in [4.78, 5) is 25.0. The minimum Gasteiger partial charge on any atom is -0.494 e. The minimum absolute atomic E-state index is 0.108. The zero-order valence-electron chi connectivity index (χ0n) is 18.4. The summed E-state index contributed by atoms with van der Waals surface area (Å²) in [7, 11) is 0. The van der Waals surface area contributed by atoms with Crippen LogP contribution >= 0.6 is 0 Å². The highest BCUT2D eigenvalue weighted by Gasteiger charge is 2.12. The first kappa shape index (κ1) is 22.9. The number of rotatable bonds is 10. The quantitative estimate of drug-likeness (QED) is 0.421. The molecular formula is C26H29N3O3. The molecule has 0 fully saturated rings. The van der Waals surface area contributed by atoms with E-state index in [1.807, 2.05) is 61.5 Å². The average Bonchev–Trinajstić information content (AvgIpc) is 2.82. The summed E-state index contributed by atoms with van der Waals surface area (Å²) in [6.07, 6.45) is 0.953. The molecule has 0 saturated carbocycles. The minimum atomic E-state index is -0.202. The molecular weight excluding hydrogens is 402 g/mol. The molecule has 3 aromatic rings. The molecule has 0 bridgehead atoms. The van der Waals surface area contributed by atoms with E-state index >= 15 is 0 Å². The van der Waals surface area contributed by atoms with Crippen molar-refractivity contribution in [1.82, 2.24) is 5.32 Å². The number of amides is 2. The van der Waals surface area contributed by atoms with Crippen molar-refractivity contribution in [2.24, 2.45) is 0 Å². The Kier molecular flexibility index (Phi) is 8.26. The molecule has 0 spiro atoms. The number of hydrogen-bond donors (Lipinski definition) is 3. The second kappa shape index (κ2) is 11.6. The Labute approximate surface area is 189 Å². The van der Waals surface area contributed by atoms with E-state index in [-0.39, 0.29) is 24.4 Å². The number of carbonyl (C=O) groups excluding carboxylic acids is 2. The fourth-order valence-corrected chi connectivity index (χ4v) is 3.12. The van der Waals surface area contributed by atoms with Crippen molar-refractivity contribution in [3.8, 4) is 5.75 Å². The number of benzene rings is 3. The SMILES string of the molecule is CCCOc1ccc(NCC(=O)Nc2cccc(C(=O)NC(C)c3ccccc3)c2)cc1. The maximum atomic E-state index is 12.6. The van der Waals surface area contributed by atoms with Gasteiger partial charge in [-0.15, -0.1) is 0 Å². The molecule has 0 aliphatic carbocycles. The highest BCUT2D eigenvalue weighted by molar-refractivity contribution is 5.98. The average molecular weight is 432 g/mol. The lowest BCUT2D eigenvalue weighted by Crippen LogP contribution is -2.27. The van der Waals surface area contributed by atoms with Gasteiger partial charge in [-0.1, -0.05) is 43.3 Å². The summed E-state index contributed by atoms with van der Waals surface area (Å²) in [6.45, 7) is 4.78. The van der Waals surface area contributed by atoms with Crippen LogP contribution in [-0.2, 0) is 4.79 Å². The van der Waals surface area contributed by atoms with Crippen molar-refractivity contribution in [2.75, 3.05) is 23.8 Å². The van der Waals surface area contributed by atoms with Crippen LogP contribution in [0.3, 0.4) is 0 Å². The first-order valence-electron chi connectivity index (χ1n) is 10.8. The smallest absolute Gasteiger partial charge is 0.251 e. The van der Waals surface area contributed by atoms with Gasteiger partial charge in [-0.05, 0) is 61.4 Å². The second-order valence-corrected chi connectivity index (χ2v) is 7.46. The molecule has 32 heavy (non-hydrogen) atoms. The molecule has 6 nitrogen and oxygen atoms in total. The molecule has 0 aliphatic heterocycles. The fourth-order valence-electron chi connectivity index (χ4n) is 3.12. The highest BCUT2D eigenvalue weighted by atomic mass is 16.5. The third kappa shape index (κ3) is 6.87. The van der Waals surface area contributed by atoms with Crippen LogP contribution in [0.2, 0.25) is 0 Å². The number of anilines is 2. The lowest BCUT2D eigenvalue weighted by atomic mass is 10.1. The normalized spacial score (nSPS) is 11.3. The highest BCUT2D eigenvalue weighted by Crippen LogP contribution is 2.17. The van der Waals surface area contributed by atoms with Crippen molar-refractivity contribution in [3.63, 3.8) is 0 Å². The van der Waals surface area contributed by atoms with Gasteiger partial charge in [0.25, 0.3) is 5.91 Å². The van der Waals surface area contributed by atoms with E-state index in [9.17, 15) is 9.59 Å². The molecule has 6 heteroatoms. The molecule has 0 heterocycles. The van der Waals surface area contributed by atoms with Gasteiger partial charge in [0.15, 0.2) is 0 Å². The van der Waals surface area contributed by atoms with E-state index in [0.29, 0.717) is 17.9 Å². The maximum absolute atomic E-state index is 12.6. The van der Waals surface area contributed by atoms with Crippen LogP contribution < -0.4 is 20.7 Å². The van der Waals surface area contributed by atoms with Gasteiger partial charge in [0.2, 0.25) is 5.91 Å². The first-order chi connectivity index (χ1) is 15.5. The summed E-state index contributed by atoms with van der Waals surface area (Å²) in [5, 5.41) is 8.89. The number of nitrogens with one attached hydrogen (secondary N) is 3. The molecule has 0 aromatic heterocycles. The number of ether oxygens (including phenoxy) is 1. The third-order valence-corrected chi connectivity index (χ3v) is 4.84. The van der Waals surface area contributed by atoms with Gasteiger partial charge in [-0.3, -0.25) is 9.59 Å². The van der Waals surface area contributed by atoms with E-state index in [4.69, 9.17) is 4.74 Å². The Bertz CT molecular complexity index is 1020. The molecule has 3 rings (SSSR count). The molecule has 3 aromatic carbocycles. The summed E-state index contributed by atoms with van der Waals surface area (Å²) in [5.74, 6) is 0.408. The summed E-state index contributed by atoms with van der Waals surface area (Å²) < 4.78 is 5.55. The molecule has 1 unspecified atom stereocenters. The van der Waals surface area contributed by atoms with Gasteiger partial charge < -0.3 is 20.7 Å². The van der Waals surface area contributed by atoms with Gasteiger partial charge in [0.1, 0.15) is 5.75 Å². The van der Waals surface area contributed by atoms with Crippen LogP contribution in [0.1, 0.15) is 42.2 Å². The van der Waals surface area contributed by atoms with Crippen LogP contribution in [0.4, 0.5) is 11.4 Å². The van der Waals surface area contributed by atoms with Crippen LogP contribution in [0.5, 0.6) is 5.75 Å². The fraction of sp³-hybridized carbons (Fsp3) is 0.231. The Morgan fingerprint density at radius 1 is 0.906 bits per heavy atom. The zero-order valence-corrected chi connectivity index (χ0v) is 18.4. The van der Waals surface area contributed by atoms with Crippen LogP contribution in [0, 0.1) is 0 Å². The van der Waals surface area contributed by atoms with Crippen molar-refractivity contribution < 1.29 is 14.3 Å².